The molecule has 1 nitrogen and oxygen atoms in total. The fraction of sp³-hybridized carbons (Fsp3) is 0.538. The van der Waals surface area contributed by atoms with Crippen LogP contribution in [0.25, 0.3) is 0 Å². The monoisotopic (exact) mass is 297 g/mol. The zero-order valence-corrected chi connectivity index (χ0v) is 11.3. The van der Waals surface area contributed by atoms with E-state index in [9.17, 15) is 17.6 Å². The number of hydrogen-bond donors (Lipinski definition) is 1. The van der Waals surface area contributed by atoms with Gasteiger partial charge in [0.15, 0.2) is 0 Å². The van der Waals surface area contributed by atoms with Crippen LogP contribution in [0.3, 0.4) is 0 Å². The quantitative estimate of drug-likeness (QED) is 0.770. The predicted molar refractivity (Wildman–Crippen MR) is 67.9 cm³/mol. The second-order valence-corrected chi connectivity index (χ2v) is 4.79. The van der Waals surface area contributed by atoms with E-state index in [-0.39, 0.29) is 17.0 Å². The van der Waals surface area contributed by atoms with Crippen LogP contribution in [0.1, 0.15) is 25.3 Å². The summed E-state index contributed by atoms with van der Waals surface area (Å²) in [5.74, 6) is -0.644. The molecule has 0 aromatic heterocycles. The van der Waals surface area contributed by atoms with Gasteiger partial charge in [0, 0.05) is 6.04 Å². The summed E-state index contributed by atoms with van der Waals surface area (Å²) >= 11 is 5.62. The molecule has 1 rings (SSSR count). The molecule has 0 heterocycles. The Labute approximate surface area is 115 Å². The fourth-order valence-electron chi connectivity index (χ4n) is 1.82. The van der Waals surface area contributed by atoms with E-state index >= 15 is 0 Å². The second kappa shape index (κ2) is 7.10. The highest BCUT2D eigenvalue weighted by molar-refractivity contribution is 6.30. The summed E-state index contributed by atoms with van der Waals surface area (Å²) in [7, 11) is 0. The summed E-state index contributed by atoms with van der Waals surface area (Å²) in [5.41, 5.74) is 0.199. The summed E-state index contributed by atoms with van der Waals surface area (Å²) in [6, 6.07) is 3.52. The van der Waals surface area contributed by atoms with Gasteiger partial charge in [-0.25, -0.2) is 4.39 Å². The van der Waals surface area contributed by atoms with Crippen molar-refractivity contribution in [2.45, 2.75) is 38.4 Å². The van der Waals surface area contributed by atoms with Crippen LogP contribution in [0.2, 0.25) is 5.02 Å². The van der Waals surface area contributed by atoms with Gasteiger partial charge in [0.25, 0.3) is 0 Å². The molecule has 0 radical (unpaired) electrons. The zero-order valence-electron chi connectivity index (χ0n) is 10.5. The van der Waals surface area contributed by atoms with Crippen molar-refractivity contribution in [1.29, 1.82) is 0 Å². The van der Waals surface area contributed by atoms with Gasteiger partial charge in [0.2, 0.25) is 0 Å². The predicted octanol–water partition coefficient (Wildman–Crippen LogP) is 4.34. The first-order valence-electron chi connectivity index (χ1n) is 6.06. The van der Waals surface area contributed by atoms with E-state index in [0.29, 0.717) is 13.0 Å². The highest BCUT2D eigenvalue weighted by atomic mass is 35.5. The summed E-state index contributed by atoms with van der Waals surface area (Å²) in [5, 5.41) is 2.72. The van der Waals surface area contributed by atoms with Crippen molar-refractivity contribution in [3.63, 3.8) is 0 Å². The van der Waals surface area contributed by atoms with Crippen LogP contribution in [-0.4, -0.2) is 18.8 Å². The maximum absolute atomic E-state index is 13.7. The third-order valence-corrected chi connectivity index (χ3v) is 2.95. The lowest BCUT2D eigenvalue weighted by Crippen LogP contribution is -2.36. The molecule has 0 bridgehead atoms. The summed E-state index contributed by atoms with van der Waals surface area (Å²) in [4.78, 5) is 0. The highest BCUT2D eigenvalue weighted by Crippen LogP contribution is 2.25. The number of alkyl halides is 3. The first-order valence-corrected chi connectivity index (χ1v) is 6.44. The van der Waals surface area contributed by atoms with E-state index in [1.54, 1.807) is 0 Å². The van der Waals surface area contributed by atoms with E-state index in [2.05, 4.69) is 5.32 Å². The molecule has 1 atom stereocenters. The third-order valence-electron chi connectivity index (χ3n) is 2.66. The third kappa shape index (κ3) is 5.78. The van der Waals surface area contributed by atoms with Gasteiger partial charge in [-0.15, -0.1) is 0 Å². The van der Waals surface area contributed by atoms with E-state index in [0.717, 1.165) is 0 Å². The lowest BCUT2D eigenvalue weighted by molar-refractivity contribution is -0.139. The topological polar surface area (TPSA) is 12.0 Å². The number of nitrogens with one attached hydrogen (secondary N) is 1. The molecule has 0 fully saturated rings. The van der Waals surface area contributed by atoms with E-state index in [1.165, 1.54) is 18.2 Å². The minimum absolute atomic E-state index is 0.0358. The molecule has 0 aliphatic heterocycles. The standard InChI is InChI=1S/C13H16ClF4N/c1-2-6-19-10(8-13(16,17)18)7-9-4-3-5-11(14)12(9)15/h3-5,10,19H,2,6-8H2,1H3. The molecule has 0 saturated carbocycles. The number of hydrogen-bond acceptors (Lipinski definition) is 1. The van der Waals surface area contributed by atoms with Gasteiger partial charge in [-0.2, -0.15) is 13.2 Å². The van der Waals surface area contributed by atoms with E-state index in [1.807, 2.05) is 6.92 Å². The van der Waals surface area contributed by atoms with Crippen molar-refractivity contribution < 1.29 is 17.6 Å². The molecule has 0 amide bonds. The van der Waals surface area contributed by atoms with Crippen LogP contribution in [0.4, 0.5) is 17.6 Å². The van der Waals surface area contributed by atoms with Crippen molar-refractivity contribution in [1.82, 2.24) is 5.32 Å². The van der Waals surface area contributed by atoms with E-state index < -0.39 is 24.5 Å². The van der Waals surface area contributed by atoms with Crippen LogP contribution >= 0.6 is 11.6 Å². The lowest BCUT2D eigenvalue weighted by Gasteiger charge is -2.20. The van der Waals surface area contributed by atoms with Gasteiger partial charge in [-0.1, -0.05) is 30.7 Å². The first kappa shape index (κ1) is 16.2. The minimum Gasteiger partial charge on any atom is -0.313 e. The molecule has 0 aliphatic carbocycles. The van der Waals surface area contributed by atoms with Crippen molar-refractivity contribution in [3.05, 3.63) is 34.6 Å². The Balaban J connectivity index is 2.78. The normalized spacial score (nSPS) is 13.6. The summed E-state index contributed by atoms with van der Waals surface area (Å²) < 4.78 is 51.0. The molecule has 1 N–H and O–H groups in total. The van der Waals surface area contributed by atoms with Crippen molar-refractivity contribution in [2.24, 2.45) is 0 Å². The summed E-state index contributed by atoms with van der Waals surface area (Å²) in [6.07, 6.45) is -4.59. The minimum atomic E-state index is -4.28. The van der Waals surface area contributed by atoms with Gasteiger partial charge >= 0.3 is 6.18 Å². The Morgan fingerprint density at radius 1 is 1.32 bits per heavy atom. The molecular weight excluding hydrogens is 282 g/mol. The van der Waals surface area contributed by atoms with E-state index in [4.69, 9.17) is 11.6 Å². The lowest BCUT2D eigenvalue weighted by atomic mass is 10.0. The van der Waals surface area contributed by atoms with Crippen molar-refractivity contribution >= 4 is 11.6 Å². The van der Waals surface area contributed by atoms with Gasteiger partial charge < -0.3 is 5.32 Å². The Bertz CT molecular complexity index is 406. The number of halogens is 5. The zero-order chi connectivity index (χ0) is 14.5. The van der Waals surface area contributed by atoms with Crippen LogP contribution in [0.15, 0.2) is 18.2 Å². The molecule has 0 spiro atoms. The highest BCUT2D eigenvalue weighted by Gasteiger charge is 2.32. The maximum atomic E-state index is 13.7. The molecule has 0 saturated heterocycles. The molecule has 6 heteroatoms. The fourth-order valence-corrected chi connectivity index (χ4v) is 2.01. The molecule has 19 heavy (non-hydrogen) atoms. The molecular formula is C13H16ClF4N. The SMILES string of the molecule is CCCNC(Cc1cccc(Cl)c1F)CC(F)(F)F. The molecule has 1 aromatic carbocycles. The first-order chi connectivity index (χ1) is 8.83. The van der Waals surface area contributed by atoms with Gasteiger partial charge in [-0.3, -0.25) is 0 Å². The number of rotatable bonds is 6. The molecule has 1 aromatic rings. The van der Waals surface area contributed by atoms with Crippen molar-refractivity contribution in [3.8, 4) is 0 Å². The van der Waals surface area contributed by atoms with Crippen LogP contribution in [-0.2, 0) is 6.42 Å². The van der Waals surface area contributed by atoms with Crippen LogP contribution in [0, 0.1) is 5.82 Å². The number of benzene rings is 1. The largest absolute Gasteiger partial charge is 0.390 e. The second-order valence-electron chi connectivity index (χ2n) is 4.39. The average molecular weight is 298 g/mol. The Hall–Kier alpha value is -0.810. The summed E-state index contributed by atoms with van der Waals surface area (Å²) in [6.45, 7) is 2.32. The van der Waals surface area contributed by atoms with Crippen LogP contribution < -0.4 is 5.32 Å². The smallest absolute Gasteiger partial charge is 0.313 e. The molecule has 0 aliphatic rings. The molecule has 1 unspecified atom stereocenters. The van der Waals surface area contributed by atoms with Gasteiger partial charge in [0.05, 0.1) is 11.4 Å². The van der Waals surface area contributed by atoms with Crippen LogP contribution in [0.5, 0.6) is 0 Å². The van der Waals surface area contributed by atoms with Crippen molar-refractivity contribution in [2.75, 3.05) is 6.54 Å². The average Bonchev–Trinajstić information content (AvgIpc) is 2.30. The van der Waals surface area contributed by atoms with Gasteiger partial charge in [0.1, 0.15) is 5.82 Å². The Morgan fingerprint density at radius 3 is 2.58 bits per heavy atom. The van der Waals surface area contributed by atoms with Gasteiger partial charge in [-0.05, 0) is 31.0 Å². The Morgan fingerprint density at radius 2 is 2.00 bits per heavy atom. The molecule has 108 valence electrons. The maximum Gasteiger partial charge on any atom is 0.390 e. The Kier molecular flexibility index (Phi) is 6.07.